The third kappa shape index (κ3) is 4.45. The van der Waals surface area contributed by atoms with Crippen molar-refractivity contribution in [1.82, 2.24) is 10.2 Å². The van der Waals surface area contributed by atoms with Crippen LogP contribution in [-0.2, 0) is 0 Å². The number of carbonyl (C=O) groups is 1. The molecule has 1 aromatic heterocycles. The first-order chi connectivity index (χ1) is 13.8. The molecule has 1 atom stereocenters. The monoisotopic (exact) mass is 412 g/mol. The van der Waals surface area contributed by atoms with E-state index in [0.717, 1.165) is 16.7 Å². The Balaban J connectivity index is 1.78. The topological polar surface area (TPSA) is 74.5 Å². The van der Waals surface area contributed by atoms with Crippen molar-refractivity contribution in [2.45, 2.75) is 38.2 Å². The number of thioether (sulfide) groups is 1. The van der Waals surface area contributed by atoms with Gasteiger partial charge in [0.1, 0.15) is 0 Å². The Morgan fingerprint density at radius 3 is 2.34 bits per heavy atom. The molecule has 0 amide bonds. The average Bonchev–Trinajstić information content (AvgIpc) is 3.18. The largest absolute Gasteiger partial charge is 0.493 e. The fourth-order valence-electron chi connectivity index (χ4n) is 2.99. The van der Waals surface area contributed by atoms with E-state index in [1.165, 1.54) is 17.3 Å². The zero-order chi connectivity index (χ0) is 21.1. The van der Waals surface area contributed by atoms with E-state index in [2.05, 4.69) is 10.2 Å². The van der Waals surface area contributed by atoms with Crippen LogP contribution in [0.2, 0.25) is 0 Å². The highest BCUT2D eigenvalue weighted by molar-refractivity contribution is 8.00. The van der Waals surface area contributed by atoms with E-state index in [1.54, 1.807) is 26.4 Å². The van der Waals surface area contributed by atoms with Gasteiger partial charge in [-0.3, -0.25) is 4.79 Å². The summed E-state index contributed by atoms with van der Waals surface area (Å²) < 4.78 is 16.3. The number of carbonyl (C=O) groups excluding carboxylic acids is 1. The normalized spacial score (nSPS) is 11.9. The summed E-state index contributed by atoms with van der Waals surface area (Å²) in [5.41, 5.74) is 4.70. The summed E-state index contributed by atoms with van der Waals surface area (Å²) in [5, 5.41) is 8.18. The summed E-state index contributed by atoms with van der Waals surface area (Å²) in [6, 6.07) is 9.36. The van der Waals surface area contributed by atoms with E-state index in [-0.39, 0.29) is 11.0 Å². The van der Waals surface area contributed by atoms with Crippen LogP contribution in [-0.4, -0.2) is 35.5 Å². The van der Waals surface area contributed by atoms with E-state index in [0.29, 0.717) is 28.2 Å². The maximum atomic E-state index is 12.9. The van der Waals surface area contributed by atoms with E-state index in [9.17, 15) is 4.79 Å². The van der Waals surface area contributed by atoms with Crippen molar-refractivity contribution < 1.29 is 18.7 Å². The number of methoxy groups -OCH3 is 2. The Bertz CT molecular complexity index is 1050. The van der Waals surface area contributed by atoms with Gasteiger partial charge in [0.25, 0.3) is 5.22 Å². The lowest BCUT2D eigenvalue weighted by molar-refractivity contribution is 0.0993. The van der Waals surface area contributed by atoms with Gasteiger partial charge in [-0.15, -0.1) is 10.2 Å². The SMILES string of the molecule is COc1ccc(-c2nnc(SC(C)C(=O)c3cc(C)c(C)cc3C)o2)cc1OC. The lowest BCUT2D eigenvalue weighted by Crippen LogP contribution is -2.15. The van der Waals surface area contributed by atoms with Gasteiger partial charge < -0.3 is 13.9 Å². The molecule has 0 saturated heterocycles. The predicted octanol–water partition coefficient (Wildman–Crippen LogP) is 5.04. The molecule has 3 aromatic rings. The number of benzene rings is 2. The second kappa shape index (κ2) is 8.69. The summed E-state index contributed by atoms with van der Waals surface area (Å²) in [7, 11) is 3.15. The number of ether oxygens (including phenoxy) is 2. The van der Waals surface area contributed by atoms with Gasteiger partial charge in [-0.1, -0.05) is 17.8 Å². The Kier molecular flexibility index (Phi) is 6.27. The van der Waals surface area contributed by atoms with Crippen LogP contribution in [0.1, 0.15) is 34.0 Å². The number of aryl methyl sites for hydroxylation is 3. The quantitative estimate of drug-likeness (QED) is 0.397. The van der Waals surface area contributed by atoms with Crippen molar-refractivity contribution >= 4 is 17.5 Å². The van der Waals surface area contributed by atoms with Gasteiger partial charge in [-0.25, -0.2) is 0 Å². The van der Waals surface area contributed by atoms with Gasteiger partial charge in [0.2, 0.25) is 5.89 Å². The van der Waals surface area contributed by atoms with Gasteiger partial charge >= 0.3 is 0 Å². The van der Waals surface area contributed by atoms with Crippen LogP contribution in [0.3, 0.4) is 0 Å². The molecule has 7 heteroatoms. The molecule has 0 N–H and O–H groups in total. The molecule has 0 aliphatic rings. The van der Waals surface area contributed by atoms with E-state index >= 15 is 0 Å². The minimum atomic E-state index is -0.352. The highest BCUT2D eigenvalue weighted by Gasteiger charge is 2.22. The Labute approximate surface area is 174 Å². The lowest BCUT2D eigenvalue weighted by Gasteiger charge is -2.12. The summed E-state index contributed by atoms with van der Waals surface area (Å²) in [5.74, 6) is 1.59. The molecule has 152 valence electrons. The van der Waals surface area contributed by atoms with Crippen LogP contribution in [0, 0.1) is 20.8 Å². The Morgan fingerprint density at radius 1 is 0.966 bits per heavy atom. The van der Waals surface area contributed by atoms with Crippen molar-refractivity contribution in [2.24, 2.45) is 0 Å². The smallest absolute Gasteiger partial charge is 0.277 e. The van der Waals surface area contributed by atoms with Gasteiger partial charge in [0.05, 0.1) is 19.5 Å². The Morgan fingerprint density at radius 2 is 1.66 bits per heavy atom. The average molecular weight is 413 g/mol. The zero-order valence-corrected chi connectivity index (χ0v) is 18.2. The van der Waals surface area contributed by atoms with Crippen molar-refractivity contribution in [3.05, 3.63) is 52.6 Å². The molecule has 1 heterocycles. The van der Waals surface area contributed by atoms with Crippen molar-refractivity contribution in [3.63, 3.8) is 0 Å². The number of Topliss-reactive ketones (excluding diaryl/α,β-unsaturated/α-hetero) is 1. The Hall–Kier alpha value is -2.80. The van der Waals surface area contributed by atoms with E-state index in [1.807, 2.05) is 45.9 Å². The van der Waals surface area contributed by atoms with Crippen LogP contribution >= 0.6 is 11.8 Å². The molecule has 29 heavy (non-hydrogen) atoms. The summed E-state index contributed by atoms with van der Waals surface area (Å²) >= 11 is 1.25. The van der Waals surface area contributed by atoms with E-state index in [4.69, 9.17) is 13.9 Å². The molecule has 0 spiro atoms. The van der Waals surface area contributed by atoms with Crippen LogP contribution in [0.5, 0.6) is 11.5 Å². The third-order valence-corrected chi connectivity index (χ3v) is 5.72. The van der Waals surface area contributed by atoms with Gasteiger partial charge in [-0.2, -0.15) is 0 Å². The standard InChI is InChI=1S/C22H24N2O4S/c1-12-9-14(3)17(10-13(12)2)20(25)15(4)29-22-24-23-21(28-22)16-7-8-18(26-5)19(11-16)27-6/h7-11,15H,1-6H3. The van der Waals surface area contributed by atoms with Crippen LogP contribution in [0.25, 0.3) is 11.5 Å². The van der Waals surface area contributed by atoms with Gasteiger partial charge in [-0.05, 0) is 68.7 Å². The molecule has 2 aromatic carbocycles. The zero-order valence-electron chi connectivity index (χ0n) is 17.4. The maximum absolute atomic E-state index is 12.9. The van der Waals surface area contributed by atoms with E-state index < -0.39 is 0 Å². The summed E-state index contributed by atoms with van der Waals surface area (Å²) in [4.78, 5) is 12.9. The number of rotatable bonds is 7. The second-order valence-electron chi connectivity index (χ2n) is 6.82. The number of nitrogens with zero attached hydrogens (tertiary/aromatic N) is 2. The highest BCUT2D eigenvalue weighted by atomic mass is 32.2. The van der Waals surface area contributed by atoms with Crippen molar-refractivity contribution in [1.29, 1.82) is 0 Å². The maximum Gasteiger partial charge on any atom is 0.277 e. The number of hydrogen-bond donors (Lipinski definition) is 0. The summed E-state index contributed by atoms with van der Waals surface area (Å²) in [6.07, 6.45) is 0. The first kappa shape index (κ1) is 20.9. The molecule has 0 radical (unpaired) electrons. The summed E-state index contributed by atoms with van der Waals surface area (Å²) in [6.45, 7) is 7.86. The second-order valence-corrected chi connectivity index (χ2v) is 8.11. The van der Waals surface area contributed by atoms with Crippen LogP contribution < -0.4 is 9.47 Å². The molecule has 3 rings (SSSR count). The van der Waals surface area contributed by atoms with Gasteiger partial charge in [0, 0.05) is 11.1 Å². The molecule has 0 fully saturated rings. The predicted molar refractivity (Wildman–Crippen MR) is 113 cm³/mol. The van der Waals surface area contributed by atoms with Gasteiger partial charge in [0.15, 0.2) is 17.3 Å². The molecular weight excluding hydrogens is 388 g/mol. The first-order valence-corrected chi connectivity index (χ1v) is 10.1. The third-order valence-electron chi connectivity index (χ3n) is 4.79. The molecule has 6 nitrogen and oxygen atoms in total. The van der Waals surface area contributed by atoms with Crippen molar-refractivity contribution in [3.8, 4) is 23.0 Å². The van der Waals surface area contributed by atoms with Crippen LogP contribution in [0.4, 0.5) is 0 Å². The lowest BCUT2D eigenvalue weighted by atomic mass is 9.97. The molecule has 0 aliphatic carbocycles. The fraction of sp³-hybridized carbons (Fsp3) is 0.318. The molecular formula is C22H24N2O4S. The highest BCUT2D eigenvalue weighted by Crippen LogP contribution is 2.33. The van der Waals surface area contributed by atoms with Crippen LogP contribution in [0.15, 0.2) is 40.0 Å². The number of aromatic nitrogens is 2. The minimum absolute atomic E-state index is 0.0430. The molecule has 0 aliphatic heterocycles. The minimum Gasteiger partial charge on any atom is -0.493 e. The van der Waals surface area contributed by atoms with Crippen molar-refractivity contribution in [2.75, 3.05) is 14.2 Å². The molecule has 0 bridgehead atoms. The fourth-order valence-corrected chi connectivity index (χ4v) is 3.74. The molecule has 1 unspecified atom stereocenters. The number of ketones is 1. The molecule has 0 saturated carbocycles. The first-order valence-electron chi connectivity index (χ1n) is 9.18. The number of hydrogen-bond acceptors (Lipinski definition) is 7.